The number of nitrogens with one attached hydrogen (secondary N) is 6. The van der Waals surface area contributed by atoms with E-state index in [1.807, 2.05) is 13.7 Å². The first-order valence-corrected chi connectivity index (χ1v) is 16.3. The van der Waals surface area contributed by atoms with Gasteiger partial charge in [-0.05, 0) is 61.1 Å². The molecule has 0 aliphatic carbocycles. The molecule has 0 rings (SSSR count). The molecular formula is C33H58N6O9. The molecule has 15 nitrogen and oxygen atoms in total. The zero-order valence-corrected chi connectivity index (χ0v) is 29.8. The Labute approximate surface area is 284 Å². The van der Waals surface area contributed by atoms with Crippen molar-refractivity contribution in [3.05, 3.63) is 0 Å². The third-order valence-corrected chi connectivity index (χ3v) is 7.32. The van der Waals surface area contributed by atoms with Gasteiger partial charge in [0.15, 0.2) is 0 Å². The molecule has 0 saturated heterocycles. The van der Waals surface area contributed by atoms with Gasteiger partial charge in [0.1, 0.15) is 29.9 Å². The van der Waals surface area contributed by atoms with Crippen LogP contribution < -0.4 is 31.9 Å². The summed E-state index contributed by atoms with van der Waals surface area (Å²) in [5.74, 6) is -1.90. The molecule has 0 radical (unpaired) electrons. The normalized spacial score (nSPS) is 13.6. The second-order valence-electron chi connectivity index (χ2n) is 12.1. The molecule has 0 aliphatic rings. The third kappa shape index (κ3) is 25.3. The molecule has 6 N–H and O–H groups in total. The summed E-state index contributed by atoms with van der Waals surface area (Å²) in [5.41, 5.74) is 0. The van der Waals surface area contributed by atoms with Crippen LogP contribution in [0.15, 0.2) is 0 Å². The van der Waals surface area contributed by atoms with E-state index in [0.717, 1.165) is 0 Å². The molecule has 0 aliphatic heterocycles. The lowest BCUT2D eigenvalue weighted by Crippen LogP contribution is -2.47. The van der Waals surface area contributed by atoms with Gasteiger partial charge in [0.25, 0.3) is 0 Å². The van der Waals surface area contributed by atoms with Crippen LogP contribution >= 0.6 is 0 Å². The molecule has 4 amide bonds. The average molecular weight is 683 g/mol. The summed E-state index contributed by atoms with van der Waals surface area (Å²) in [6.45, 7) is 9.87. The maximum atomic E-state index is 13.1. The predicted octanol–water partition coefficient (Wildman–Crippen LogP) is 0.215. The molecule has 48 heavy (non-hydrogen) atoms. The van der Waals surface area contributed by atoms with Gasteiger partial charge in [0.2, 0.25) is 23.6 Å². The maximum absolute atomic E-state index is 13.1. The second-order valence-corrected chi connectivity index (χ2v) is 12.1. The van der Waals surface area contributed by atoms with Gasteiger partial charge in [-0.2, -0.15) is 0 Å². The monoisotopic (exact) mass is 682 g/mol. The summed E-state index contributed by atoms with van der Waals surface area (Å²) in [6, 6.07) is -2.47. The zero-order valence-electron chi connectivity index (χ0n) is 29.8. The summed E-state index contributed by atoms with van der Waals surface area (Å²) in [7, 11) is 3.32. The molecule has 0 heterocycles. The number of rotatable bonds is 26. The molecule has 0 fully saturated rings. The molecule has 0 aromatic carbocycles. The number of hydrogen-bond acceptors (Lipinski definition) is 11. The fourth-order valence-corrected chi connectivity index (χ4v) is 5.04. The molecule has 0 saturated carbocycles. The number of hydrogen-bond donors (Lipinski definition) is 6. The van der Waals surface area contributed by atoms with E-state index in [2.05, 4.69) is 31.9 Å². The van der Waals surface area contributed by atoms with Crippen LogP contribution in [0.1, 0.15) is 105 Å². The standard InChI is InChI=1S/C32H56N6O8.CH2O/c1-8-24(12-20(2)39)36-31(45)18-28(38-30(44)17-27(34-7)15-23(5)42)19-32(46)37-25(13-21(3)40)10-9-11-35-29(43)16-26(33-6)14-22(4)41;1-2/h24-28,33-34H,8-19H2,1-7H3,(H,35,43)(H,36,45)(H,37,46)(H,38,44);1H2. The minimum atomic E-state index is -0.885. The van der Waals surface area contributed by atoms with Gasteiger partial charge in [-0.1, -0.05) is 6.92 Å². The lowest BCUT2D eigenvalue weighted by molar-refractivity contribution is -0.127. The highest BCUT2D eigenvalue weighted by molar-refractivity contribution is 5.85. The minimum absolute atomic E-state index is 0.0225. The van der Waals surface area contributed by atoms with Crippen molar-refractivity contribution < 1.29 is 43.2 Å². The summed E-state index contributed by atoms with van der Waals surface area (Å²) < 4.78 is 0. The van der Waals surface area contributed by atoms with E-state index in [9.17, 15) is 38.4 Å². The molecule has 0 spiro atoms. The fraction of sp³-hybridized carbons (Fsp3) is 0.727. The Morgan fingerprint density at radius 2 is 0.812 bits per heavy atom. The van der Waals surface area contributed by atoms with Crippen LogP contribution in [0.4, 0.5) is 0 Å². The van der Waals surface area contributed by atoms with E-state index in [1.165, 1.54) is 27.7 Å². The van der Waals surface area contributed by atoms with E-state index < -0.39 is 35.8 Å². The van der Waals surface area contributed by atoms with Crippen molar-refractivity contribution in [3.8, 4) is 0 Å². The van der Waals surface area contributed by atoms with Crippen molar-refractivity contribution in [1.82, 2.24) is 31.9 Å². The Hall–Kier alpha value is -3.85. The number of carbonyl (C=O) groups excluding carboxylic acids is 9. The van der Waals surface area contributed by atoms with E-state index in [0.29, 0.717) is 25.8 Å². The highest BCUT2D eigenvalue weighted by Gasteiger charge is 2.25. The van der Waals surface area contributed by atoms with Gasteiger partial charge in [0, 0.05) is 88.1 Å². The molecule has 15 heteroatoms. The molecule has 0 bridgehead atoms. The van der Waals surface area contributed by atoms with Crippen molar-refractivity contribution in [2.45, 2.75) is 135 Å². The van der Waals surface area contributed by atoms with Gasteiger partial charge in [-0.15, -0.1) is 0 Å². The van der Waals surface area contributed by atoms with Gasteiger partial charge in [-0.25, -0.2) is 0 Å². The van der Waals surface area contributed by atoms with E-state index in [4.69, 9.17) is 4.79 Å². The van der Waals surface area contributed by atoms with E-state index in [1.54, 1.807) is 14.1 Å². The predicted molar refractivity (Wildman–Crippen MR) is 181 cm³/mol. The number of ketones is 4. The minimum Gasteiger partial charge on any atom is -0.356 e. The van der Waals surface area contributed by atoms with Crippen LogP contribution in [0, 0.1) is 0 Å². The summed E-state index contributed by atoms with van der Waals surface area (Å²) in [6.07, 6.45) is 1.64. The molecule has 5 unspecified atom stereocenters. The Balaban J connectivity index is 0. The topological polar surface area (TPSA) is 226 Å². The van der Waals surface area contributed by atoms with Crippen molar-refractivity contribution >= 4 is 53.6 Å². The Morgan fingerprint density at radius 3 is 1.21 bits per heavy atom. The Kier molecular flexibility index (Phi) is 26.2. The molecule has 274 valence electrons. The van der Waals surface area contributed by atoms with Crippen molar-refractivity contribution in [2.75, 3.05) is 20.6 Å². The molecule has 5 atom stereocenters. The summed E-state index contributed by atoms with van der Waals surface area (Å²) in [4.78, 5) is 106. The van der Waals surface area contributed by atoms with E-state index >= 15 is 0 Å². The van der Waals surface area contributed by atoms with Crippen LogP contribution in [0.25, 0.3) is 0 Å². The van der Waals surface area contributed by atoms with Crippen molar-refractivity contribution in [2.24, 2.45) is 0 Å². The first-order chi connectivity index (χ1) is 22.6. The lowest BCUT2D eigenvalue weighted by Gasteiger charge is -2.23. The lowest BCUT2D eigenvalue weighted by atomic mass is 10.0. The maximum Gasteiger partial charge on any atom is 0.222 e. The fourth-order valence-electron chi connectivity index (χ4n) is 5.04. The van der Waals surface area contributed by atoms with E-state index in [-0.39, 0.29) is 92.5 Å². The Morgan fingerprint density at radius 1 is 0.479 bits per heavy atom. The highest BCUT2D eigenvalue weighted by Crippen LogP contribution is 2.09. The smallest absolute Gasteiger partial charge is 0.222 e. The van der Waals surface area contributed by atoms with Gasteiger partial charge in [0.05, 0.1) is 0 Å². The first-order valence-electron chi connectivity index (χ1n) is 16.3. The Bertz CT molecular complexity index is 1030. The largest absolute Gasteiger partial charge is 0.356 e. The van der Waals surface area contributed by atoms with Crippen LogP contribution in [-0.4, -0.2) is 104 Å². The third-order valence-electron chi connectivity index (χ3n) is 7.32. The number of carbonyl (C=O) groups is 9. The van der Waals surface area contributed by atoms with Crippen LogP contribution in [-0.2, 0) is 43.2 Å². The zero-order chi connectivity index (χ0) is 37.2. The molecule has 0 aromatic rings. The summed E-state index contributed by atoms with van der Waals surface area (Å²) in [5, 5.41) is 17.0. The van der Waals surface area contributed by atoms with Gasteiger partial charge >= 0.3 is 0 Å². The quantitative estimate of drug-likeness (QED) is 0.0677. The van der Waals surface area contributed by atoms with Crippen molar-refractivity contribution in [1.29, 1.82) is 0 Å². The van der Waals surface area contributed by atoms with Crippen molar-refractivity contribution in [3.63, 3.8) is 0 Å². The average Bonchev–Trinajstić information content (AvgIpc) is 2.97. The van der Waals surface area contributed by atoms with Crippen LogP contribution in [0.5, 0.6) is 0 Å². The number of Topliss-reactive ketones (excluding diaryl/α,β-unsaturated/α-hetero) is 4. The van der Waals surface area contributed by atoms with Gasteiger partial charge in [-0.3, -0.25) is 38.4 Å². The summed E-state index contributed by atoms with van der Waals surface area (Å²) >= 11 is 0. The van der Waals surface area contributed by atoms with Gasteiger partial charge < -0.3 is 36.7 Å². The molecular weight excluding hydrogens is 624 g/mol. The van der Waals surface area contributed by atoms with Crippen LogP contribution in [0.2, 0.25) is 0 Å². The first kappa shape index (κ1) is 46.3. The SMILES string of the molecule is C=O.CCC(CC(C)=O)NC(=O)CC(CC(=O)NC(CCCNC(=O)CC(CC(C)=O)NC)CC(C)=O)NC(=O)CC(CC(C)=O)NC. The van der Waals surface area contributed by atoms with Crippen LogP contribution in [0.3, 0.4) is 0 Å². The number of amides is 4. The highest BCUT2D eigenvalue weighted by atomic mass is 16.2. The molecule has 0 aromatic heterocycles. The second kappa shape index (κ2) is 27.1.